The zero-order chi connectivity index (χ0) is 27.5. The predicted molar refractivity (Wildman–Crippen MR) is 155 cm³/mol. The van der Waals surface area contributed by atoms with Gasteiger partial charge < -0.3 is 19.6 Å². The van der Waals surface area contributed by atoms with Gasteiger partial charge in [0.25, 0.3) is 0 Å². The van der Waals surface area contributed by atoms with Crippen molar-refractivity contribution in [3.63, 3.8) is 0 Å². The summed E-state index contributed by atoms with van der Waals surface area (Å²) in [4.78, 5) is 17.9. The fourth-order valence-electron chi connectivity index (χ4n) is 4.52. The van der Waals surface area contributed by atoms with Crippen molar-refractivity contribution in [1.29, 1.82) is 0 Å². The Morgan fingerprint density at radius 2 is 1.14 bits per heavy atom. The van der Waals surface area contributed by atoms with E-state index in [1.165, 1.54) is 103 Å². The van der Waals surface area contributed by atoms with Gasteiger partial charge in [0.05, 0.1) is 25.2 Å². The summed E-state index contributed by atoms with van der Waals surface area (Å²) in [6.07, 6.45) is 31.7. The summed E-state index contributed by atoms with van der Waals surface area (Å²) in [5, 5.41) is 10.4. The summed E-state index contributed by atoms with van der Waals surface area (Å²) in [6.45, 7) is 4.11. The standard InChI is InChI=1S/C30H59O6P/c1-3-5-7-9-11-13-14-15-16-18-20-22-26-35-27-23-25-29(30(31)28-36-37(32,33)34)24-21-19-17-12-10-8-6-4-2/h22-23,26-27,29-31H,3-21,24-25,28H2,1-2H3,(H2,32,33,34). The summed E-state index contributed by atoms with van der Waals surface area (Å²) in [7, 11) is -4.59. The maximum atomic E-state index is 11.0. The van der Waals surface area contributed by atoms with Crippen molar-refractivity contribution in [2.45, 2.75) is 155 Å². The Labute approximate surface area is 228 Å². The normalized spacial score (nSPS) is 14.1. The van der Waals surface area contributed by atoms with E-state index >= 15 is 0 Å². The van der Waals surface area contributed by atoms with Crippen molar-refractivity contribution in [1.82, 2.24) is 0 Å². The lowest BCUT2D eigenvalue weighted by Crippen LogP contribution is -2.25. The highest BCUT2D eigenvalue weighted by Gasteiger charge is 2.22. The molecule has 0 saturated heterocycles. The van der Waals surface area contributed by atoms with Crippen LogP contribution in [0.3, 0.4) is 0 Å². The highest BCUT2D eigenvalue weighted by atomic mass is 31.2. The lowest BCUT2D eigenvalue weighted by Gasteiger charge is -2.22. The molecule has 0 heterocycles. The Morgan fingerprint density at radius 3 is 1.65 bits per heavy atom. The Morgan fingerprint density at radius 1 is 0.676 bits per heavy atom. The quantitative estimate of drug-likeness (QED) is 0.0514. The van der Waals surface area contributed by atoms with Crippen LogP contribution in [0.4, 0.5) is 0 Å². The van der Waals surface area contributed by atoms with Gasteiger partial charge in [-0.15, -0.1) is 0 Å². The number of hydrogen-bond acceptors (Lipinski definition) is 4. The van der Waals surface area contributed by atoms with E-state index in [4.69, 9.17) is 14.5 Å². The second-order valence-electron chi connectivity index (χ2n) is 10.5. The third kappa shape index (κ3) is 28.2. The molecule has 0 radical (unpaired) electrons. The van der Waals surface area contributed by atoms with Gasteiger partial charge in [-0.3, -0.25) is 4.52 Å². The van der Waals surface area contributed by atoms with Gasteiger partial charge in [-0.2, -0.15) is 0 Å². The Bertz CT molecular complexity index is 574. The van der Waals surface area contributed by atoms with Crippen molar-refractivity contribution in [2.75, 3.05) is 6.61 Å². The number of rotatable bonds is 28. The third-order valence-electron chi connectivity index (χ3n) is 6.90. The van der Waals surface area contributed by atoms with E-state index in [-0.39, 0.29) is 12.5 Å². The first-order valence-electron chi connectivity index (χ1n) is 15.2. The topological polar surface area (TPSA) is 96.2 Å². The van der Waals surface area contributed by atoms with E-state index in [1.54, 1.807) is 12.5 Å². The molecule has 0 spiro atoms. The van der Waals surface area contributed by atoms with Crippen molar-refractivity contribution < 1.29 is 28.7 Å². The molecule has 6 nitrogen and oxygen atoms in total. The molecule has 0 aliphatic rings. The lowest BCUT2D eigenvalue weighted by molar-refractivity contribution is 0.0401. The SMILES string of the molecule is CCCCCCCCCCCCC=COC=CCC(CCCCCCCCCC)C(O)COP(=O)(O)O. The summed E-state index contributed by atoms with van der Waals surface area (Å²) >= 11 is 0. The molecular weight excluding hydrogens is 487 g/mol. The lowest BCUT2D eigenvalue weighted by atomic mass is 9.92. The second-order valence-corrected chi connectivity index (χ2v) is 11.7. The van der Waals surface area contributed by atoms with E-state index < -0.39 is 13.9 Å². The van der Waals surface area contributed by atoms with Crippen LogP contribution in [0.2, 0.25) is 0 Å². The smallest absolute Gasteiger partial charge is 0.469 e. The van der Waals surface area contributed by atoms with Crippen molar-refractivity contribution in [2.24, 2.45) is 5.92 Å². The number of ether oxygens (including phenoxy) is 1. The van der Waals surface area contributed by atoms with E-state index in [2.05, 4.69) is 24.4 Å². The van der Waals surface area contributed by atoms with Crippen LogP contribution in [-0.4, -0.2) is 27.6 Å². The molecule has 0 aromatic heterocycles. The molecule has 0 bridgehead atoms. The van der Waals surface area contributed by atoms with E-state index in [1.807, 2.05) is 6.08 Å². The van der Waals surface area contributed by atoms with Crippen LogP contribution in [0.1, 0.15) is 149 Å². The average molecular weight is 547 g/mol. The molecule has 37 heavy (non-hydrogen) atoms. The Kier molecular flexibility index (Phi) is 26.5. The van der Waals surface area contributed by atoms with Gasteiger partial charge in [0.1, 0.15) is 0 Å². The molecule has 220 valence electrons. The first-order valence-corrected chi connectivity index (χ1v) is 16.8. The molecule has 0 rings (SSSR count). The minimum absolute atomic E-state index is 0.123. The van der Waals surface area contributed by atoms with Crippen LogP contribution < -0.4 is 0 Å². The molecule has 0 saturated carbocycles. The molecule has 0 amide bonds. The summed E-state index contributed by atoms with van der Waals surface area (Å²) < 4.78 is 21.0. The minimum atomic E-state index is -4.59. The maximum absolute atomic E-state index is 11.0. The predicted octanol–water partition coefficient (Wildman–Crippen LogP) is 9.35. The molecule has 0 fully saturated rings. The van der Waals surface area contributed by atoms with E-state index in [9.17, 15) is 9.67 Å². The summed E-state index contributed by atoms with van der Waals surface area (Å²) in [5.74, 6) is -0.123. The van der Waals surface area contributed by atoms with Gasteiger partial charge in [0.15, 0.2) is 0 Å². The maximum Gasteiger partial charge on any atom is 0.469 e. The monoisotopic (exact) mass is 546 g/mol. The number of hydrogen-bond donors (Lipinski definition) is 3. The zero-order valence-corrected chi connectivity index (χ0v) is 24.9. The fraction of sp³-hybridized carbons (Fsp3) is 0.867. The highest BCUT2D eigenvalue weighted by Crippen LogP contribution is 2.36. The van der Waals surface area contributed by atoms with Crippen molar-refractivity contribution >= 4 is 7.82 Å². The van der Waals surface area contributed by atoms with Gasteiger partial charge in [-0.05, 0) is 43.8 Å². The zero-order valence-electron chi connectivity index (χ0n) is 24.0. The van der Waals surface area contributed by atoms with Gasteiger partial charge in [-0.1, -0.05) is 123 Å². The van der Waals surface area contributed by atoms with Gasteiger partial charge in [0.2, 0.25) is 0 Å². The third-order valence-corrected chi connectivity index (χ3v) is 7.38. The largest absolute Gasteiger partial charge is 0.473 e. The molecule has 0 aliphatic heterocycles. The van der Waals surface area contributed by atoms with Gasteiger partial charge >= 0.3 is 7.82 Å². The molecular formula is C30H59O6P. The molecule has 0 aliphatic carbocycles. The van der Waals surface area contributed by atoms with E-state index in [0.29, 0.717) is 6.42 Å². The average Bonchev–Trinajstić information content (AvgIpc) is 2.86. The highest BCUT2D eigenvalue weighted by molar-refractivity contribution is 7.46. The number of allylic oxidation sites excluding steroid dienone is 2. The summed E-state index contributed by atoms with van der Waals surface area (Å²) in [6, 6.07) is 0. The van der Waals surface area contributed by atoms with Gasteiger partial charge in [0, 0.05) is 0 Å². The van der Waals surface area contributed by atoms with Crippen LogP contribution in [-0.2, 0) is 13.8 Å². The molecule has 0 aromatic carbocycles. The van der Waals surface area contributed by atoms with Crippen LogP contribution in [0.5, 0.6) is 0 Å². The molecule has 2 unspecified atom stereocenters. The number of aliphatic hydroxyl groups excluding tert-OH is 1. The summed E-state index contributed by atoms with van der Waals surface area (Å²) in [5.41, 5.74) is 0. The molecule has 3 N–H and O–H groups in total. The molecule has 0 aromatic rings. The minimum Gasteiger partial charge on any atom is -0.473 e. The molecule has 2 atom stereocenters. The number of aliphatic hydroxyl groups is 1. The van der Waals surface area contributed by atoms with Crippen LogP contribution in [0, 0.1) is 5.92 Å². The number of phosphoric acid groups is 1. The first kappa shape index (κ1) is 36.4. The van der Waals surface area contributed by atoms with Crippen LogP contribution in [0.25, 0.3) is 0 Å². The van der Waals surface area contributed by atoms with Crippen molar-refractivity contribution in [3.05, 3.63) is 24.7 Å². The number of phosphoric ester groups is 1. The van der Waals surface area contributed by atoms with Crippen LogP contribution in [0.15, 0.2) is 24.7 Å². The number of unbranched alkanes of at least 4 members (excludes halogenated alkanes) is 17. The first-order chi connectivity index (χ1) is 17.9. The fourth-order valence-corrected chi connectivity index (χ4v) is 4.87. The molecule has 7 heteroatoms. The van der Waals surface area contributed by atoms with Crippen LogP contribution >= 0.6 is 7.82 Å². The van der Waals surface area contributed by atoms with Crippen molar-refractivity contribution in [3.8, 4) is 0 Å². The Hall–Kier alpha value is -0.650. The van der Waals surface area contributed by atoms with Gasteiger partial charge in [-0.25, -0.2) is 4.57 Å². The Balaban J connectivity index is 4.06. The van der Waals surface area contributed by atoms with E-state index in [0.717, 1.165) is 25.7 Å². The second kappa shape index (κ2) is 26.9.